The molecule has 0 aromatic rings. The van der Waals surface area contributed by atoms with Crippen LogP contribution in [-0.2, 0) is 13.9 Å². The number of phosphoric acid groups is 1. The first-order valence-corrected chi connectivity index (χ1v) is 7.39. The number of phosphoric ester groups is 1. The Bertz CT molecular complexity index is 396. The summed E-state index contributed by atoms with van der Waals surface area (Å²) in [5, 5.41) is 64.0. The van der Waals surface area contributed by atoms with E-state index >= 15 is 0 Å². The Balaban J connectivity index is 5.17. The van der Waals surface area contributed by atoms with Crippen molar-refractivity contribution >= 4 is 13.6 Å². The molecule has 13 heteroatoms. The lowest BCUT2D eigenvalue weighted by Gasteiger charge is -2.28. The molecule has 0 heterocycles. The molecule has 2 unspecified atom stereocenters. The summed E-state index contributed by atoms with van der Waals surface area (Å²) in [6, 6.07) is 0. The number of hydrogen-bond donors (Lipinski definition) is 9. The summed E-state index contributed by atoms with van der Waals surface area (Å²) in [5.41, 5.74) is 0. The number of carbonyl (C=O) groups excluding carboxylic acids is 1. The van der Waals surface area contributed by atoms with E-state index in [2.05, 4.69) is 4.52 Å². The van der Waals surface area contributed by atoms with E-state index in [4.69, 9.17) is 25.1 Å². The number of Topliss-reactive ketones (excluding diaryl/α,β-unsaturated/α-hetero) is 1. The summed E-state index contributed by atoms with van der Waals surface area (Å²) >= 11 is 0. The summed E-state index contributed by atoms with van der Waals surface area (Å²) in [4.78, 5) is 29.0. The topological polar surface area (TPSA) is 225 Å². The zero-order chi connectivity index (χ0) is 17.7. The maximum absolute atomic E-state index is 11.8. The first-order chi connectivity index (χ1) is 9.96. The number of aliphatic hydroxyl groups is 7. The quantitative estimate of drug-likeness (QED) is 0.168. The van der Waals surface area contributed by atoms with Gasteiger partial charge in [-0.1, -0.05) is 0 Å². The molecule has 0 aliphatic rings. The van der Waals surface area contributed by atoms with Crippen LogP contribution in [0.25, 0.3) is 0 Å². The van der Waals surface area contributed by atoms with Gasteiger partial charge in [-0.15, -0.1) is 0 Å². The van der Waals surface area contributed by atoms with E-state index in [9.17, 15) is 29.8 Å². The van der Waals surface area contributed by atoms with Crippen LogP contribution in [0.2, 0.25) is 0 Å². The smallest absolute Gasteiger partial charge is 0.394 e. The molecule has 9 N–H and O–H groups in total. The molecule has 0 amide bonds. The number of ketones is 1. The zero-order valence-electron chi connectivity index (χ0n) is 11.1. The van der Waals surface area contributed by atoms with Crippen LogP contribution in [0.5, 0.6) is 0 Å². The third kappa shape index (κ3) is 6.32. The lowest BCUT2D eigenvalue weighted by molar-refractivity contribution is -0.159. The Labute approximate surface area is 124 Å². The molecule has 12 nitrogen and oxygen atoms in total. The van der Waals surface area contributed by atoms with Gasteiger partial charge in [-0.3, -0.25) is 9.32 Å². The van der Waals surface area contributed by atoms with Crippen LogP contribution in [0.4, 0.5) is 0 Å². The number of aliphatic hydroxyl groups excluding tert-OH is 7. The van der Waals surface area contributed by atoms with E-state index in [0.717, 1.165) is 0 Å². The van der Waals surface area contributed by atoms with Gasteiger partial charge >= 0.3 is 7.82 Å². The van der Waals surface area contributed by atoms with Crippen molar-refractivity contribution in [3.05, 3.63) is 0 Å². The fourth-order valence-electron chi connectivity index (χ4n) is 1.41. The standard InChI is InChI=1S/C9H19O12P/c10-1-3(12)5(14)6(15)7(16)8(17)9(4(13)2-11)21-22(18,19)20/h3-7,9-16H,1-2H2,(H2,18,19,20)/t3-,4?,5-,6+,7-,9?/m1/s1. The molecular weight excluding hydrogens is 331 g/mol. The Morgan fingerprint density at radius 2 is 1.36 bits per heavy atom. The van der Waals surface area contributed by atoms with Crippen molar-refractivity contribution < 1.29 is 59.4 Å². The van der Waals surface area contributed by atoms with Crippen LogP contribution in [-0.4, -0.2) is 101 Å². The minimum atomic E-state index is -5.30. The van der Waals surface area contributed by atoms with Gasteiger partial charge in [0.2, 0.25) is 0 Å². The molecule has 0 aliphatic carbocycles. The predicted octanol–water partition coefficient (Wildman–Crippen LogP) is -5.18. The first-order valence-electron chi connectivity index (χ1n) is 5.86. The van der Waals surface area contributed by atoms with E-state index in [0.29, 0.717) is 0 Å². The Kier molecular flexibility index (Phi) is 8.75. The van der Waals surface area contributed by atoms with E-state index in [-0.39, 0.29) is 0 Å². The van der Waals surface area contributed by atoms with Crippen molar-refractivity contribution in [1.29, 1.82) is 0 Å². The van der Waals surface area contributed by atoms with Crippen molar-refractivity contribution in [2.24, 2.45) is 0 Å². The average molecular weight is 350 g/mol. The largest absolute Gasteiger partial charge is 0.470 e. The molecule has 6 atom stereocenters. The lowest BCUT2D eigenvalue weighted by Crippen LogP contribution is -2.53. The Morgan fingerprint density at radius 1 is 0.909 bits per heavy atom. The fraction of sp³-hybridized carbons (Fsp3) is 0.889. The molecule has 0 rings (SSSR count). The number of rotatable bonds is 10. The maximum atomic E-state index is 11.8. The minimum Gasteiger partial charge on any atom is -0.394 e. The van der Waals surface area contributed by atoms with Gasteiger partial charge in [0.25, 0.3) is 0 Å². The van der Waals surface area contributed by atoms with Gasteiger partial charge in [0, 0.05) is 0 Å². The van der Waals surface area contributed by atoms with E-state index in [1.807, 2.05) is 0 Å². The highest BCUT2D eigenvalue weighted by atomic mass is 31.2. The molecule has 0 saturated carbocycles. The molecular formula is C9H19O12P. The second kappa shape index (κ2) is 8.96. The summed E-state index contributed by atoms with van der Waals surface area (Å²) < 4.78 is 14.6. The van der Waals surface area contributed by atoms with Crippen molar-refractivity contribution in [3.8, 4) is 0 Å². The van der Waals surface area contributed by atoms with Gasteiger partial charge in [0.1, 0.15) is 30.5 Å². The summed E-state index contributed by atoms with van der Waals surface area (Å²) in [7, 11) is -5.30. The Morgan fingerprint density at radius 3 is 1.73 bits per heavy atom. The van der Waals surface area contributed by atoms with Crippen LogP contribution in [0.3, 0.4) is 0 Å². The lowest BCUT2D eigenvalue weighted by atomic mass is 9.96. The monoisotopic (exact) mass is 350 g/mol. The predicted molar refractivity (Wildman–Crippen MR) is 66.1 cm³/mol. The highest BCUT2D eigenvalue weighted by molar-refractivity contribution is 7.46. The van der Waals surface area contributed by atoms with Crippen molar-refractivity contribution in [2.45, 2.75) is 36.6 Å². The Hall–Kier alpha value is -0.500. The SMILES string of the molecule is O=C(C(OP(=O)(O)O)C(O)CO)[C@H](O)[C@@H](O)[C@H](O)[C@H](O)CO. The number of carbonyl (C=O) groups is 1. The average Bonchev–Trinajstić information content (AvgIpc) is 2.46. The normalized spacial score (nSPS) is 20.8. The molecule has 22 heavy (non-hydrogen) atoms. The molecule has 0 aromatic carbocycles. The van der Waals surface area contributed by atoms with Crippen LogP contribution in [0.1, 0.15) is 0 Å². The molecule has 0 saturated heterocycles. The molecule has 0 fully saturated rings. The third-order valence-electron chi connectivity index (χ3n) is 2.61. The molecule has 0 radical (unpaired) electrons. The van der Waals surface area contributed by atoms with Crippen LogP contribution in [0, 0.1) is 0 Å². The van der Waals surface area contributed by atoms with E-state index < -0.39 is 63.4 Å². The summed E-state index contributed by atoms with van der Waals surface area (Å²) in [6.45, 7) is -2.18. The molecule has 132 valence electrons. The van der Waals surface area contributed by atoms with Crippen molar-refractivity contribution in [1.82, 2.24) is 0 Å². The van der Waals surface area contributed by atoms with Gasteiger partial charge in [0.05, 0.1) is 13.2 Å². The molecule has 0 aliphatic heterocycles. The summed E-state index contributed by atoms with van der Waals surface area (Å²) in [6.07, 6.45) is -13.5. The second-order valence-electron chi connectivity index (χ2n) is 4.34. The van der Waals surface area contributed by atoms with E-state index in [1.165, 1.54) is 0 Å². The highest BCUT2D eigenvalue weighted by Crippen LogP contribution is 2.38. The van der Waals surface area contributed by atoms with Gasteiger partial charge < -0.3 is 45.5 Å². The van der Waals surface area contributed by atoms with Crippen molar-refractivity contribution in [2.75, 3.05) is 13.2 Å². The van der Waals surface area contributed by atoms with Gasteiger partial charge in [0.15, 0.2) is 11.9 Å². The summed E-state index contributed by atoms with van der Waals surface area (Å²) in [5.74, 6) is -1.67. The van der Waals surface area contributed by atoms with Crippen LogP contribution >= 0.6 is 7.82 Å². The first kappa shape index (κ1) is 21.5. The van der Waals surface area contributed by atoms with Crippen molar-refractivity contribution in [3.63, 3.8) is 0 Å². The molecule has 0 spiro atoms. The second-order valence-corrected chi connectivity index (χ2v) is 5.54. The minimum absolute atomic E-state index is 1.01. The van der Waals surface area contributed by atoms with Gasteiger partial charge in [-0.2, -0.15) is 0 Å². The fourth-order valence-corrected chi connectivity index (χ4v) is 1.95. The van der Waals surface area contributed by atoms with Crippen LogP contribution < -0.4 is 0 Å². The zero-order valence-corrected chi connectivity index (χ0v) is 12.0. The third-order valence-corrected chi connectivity index (χ3v) is 3.12. The molecule has 0 aromatic heterocycles. The van der Waals surface area contributed by atoms with E-state index in [1.54, 1.807) is 0 Å². The number of hydrogen-bond acceptors (Lipinski definition) is 10. The molecule has 0 bridgehead atoms. The van der Waals surface area contributed by atoms with Crippen LogP contribution in [0.15, 0.2) is 0 Å². The van der Waals surface area contributed by atoms with Gasteiger partial charge in [-0.25, -0.2) is 4.57 Å². The maximum Gasteiger partial charge on any atom is 0.470 e. The highest BCUT2D eigenvalue weighted by Gasteiger charge is 2.42. The van der Waals surface area contributed by atoms with Gasteiger partial charge in [-0.05, 0) is 0 Å².